The second-order valence-corrected chi connectivity index (χ2v) is 8.91. The minimum atomic E-state index is -1.09. The molecule has 1 aliphatic heterocycles. The molecular formula is C22H23F4NO2. The van der Waals surface area contributed by atoms with Crippen LogP contribution in [-0.4, -0.2) is 23.1 Å². The van der Waals surface area contributed by atoms with Crippen LogP contribution in [0.2, 0.25) is 0 Å². The fraction of sp³-hybridized carbons (Fsp3) is 0.409. The predicted octanol–water partition coefficient (Wildman–Crippen LogP) is 5.94. The van der Waals surface area contributed by atoms with Crippen molar-refractivity contribution in [1.29, 1.82) is 0 Å². The zero-order chi connectivity index (χ0) is 21.7. The fourth-order valence-electron chi connectivity index (χ4n) is 3.81. The Bertz CT molecular complexity index is 957. The number of benzene rings is 2. The van der Waals surface area contributed by atoms with Gasteiger partial charge in [-0.3, -0.25) is 0 Å². The molecule has 1 aliphatic rings. The van der Waals surface area contributed by atoms with Crippen molar-refractivity contribution in [3.63, 3.8) is 0 Å². The molecule has 2 aromatic rings. The minimum absolute atomic E-state index is 0.0812. The lowest BCUT2D eigenvalue weighted by atomic mass is 9.76. The summed E-state index contributed by atoms with van der Waals surface area (Å²) in [6.45, 7) is 8.74. The molecule has 0 aliphatic carbocycles. The fourth-order valence-corrected chi connectivity index (χ4v) is 3.81. The molecule has 0 unspecified atom stereocenters. The highest BCUT2D eigenvalue weighted by Gasteiger charge is 2.39. The van der Waals surface area contributed by atoms with Crippen LogP contribution in [0.15, 0.2) is 24.3 Å². The van der Waals surface area contributed by atoms with Gasteiger partial charge in [0.15, 0.2) is 0 Å². The van der Waals surface area contributed by atoms with Crippen molar-refractivity contribution in [2.75, 3.05) is 6.54 Å². The number of amides is 1. The lowest BCUT2D eigenvalue weighted by Gasteiger charge is -2.41. The lowest BCUT2D eigenvalue weighted by Crippen LogP contribution is -2.47. The molecule has 0 spiro atoms. The standard InChI is InChI=1S/C22H23F4NO2/c1-21(2,3)29-20(28)27-10-14-13(18-16(25)8-12(23)9-17(18)26)6-7-15(24)19(14)22(4,5)11-27/h6-9H,10-11H2,1-5H3. The van der Waals surface area contributed by atoms with Gasteiger partial charge in [-0.25, -0.2) is 22.4 Å². The Kier molecular flexibility index (Phi) is 5.13. The van der Waals surface area contributed by atoms with Crippen molar-refractivity contribution in [3.8, 4) is 11.1 Å². The van der Waals surface area contributed by atoms with Gasteiger partial charge in [-0.1, -0.05) is 19.9 Å². The second-order valence-electron chi connectivity index (χ2n) is 8.91. The molecule has 2 aromatic carbocycles. The normalized spacial score (nSPS) is 15.8. The molecule has 0 aromatic heterocycles. The maximum atomic E-state index is 14.7. The maximum absolute atomic E-state index is 14.7. The van der Waals surface area contributed by atoms with Gasteiger partial charge >= 0.3 is 6.09 Å². The van der Waals surface area contributed by atoms with E-state index in [4.69, 9.17) is 4.74 Å². The molecule has 0 bridgehead atoms. The summed E-state index contributed by atoms with van der Waals surface area (Å²) in [6.07, 6.45) is -0.605. The second kappa shape index (κ2) is 7.04. The number of carbonyl (C=O) groups is 1. The van der Waals surface area contributed by atoms with E-state index in [2.05, 4.69) is 0 Å². The molecule has 1 heterocycles. The van der Waals surface area contributed by atoms with Crippen LogP contribution in [0.5, 0.6) is 0 Å². The van der Waals surface area contributed by atoms with E-state index < -0.39 is 45.9 Å². The van der Waals surface area contributed by atoms with Crippen molar-refractivity contribution in [3.05, 3.63) is 58.7 Å². The van der Waals surface area contributed by atoms with E-state index in [0.29, 0.717) is 12.1 Å². The summed E-state index contributed by atoms with van der Waals surface area (Å²) in [5.41, 5.74) is -1.39. The average Bonchev–Trinajstić information content (AvgIpc) is 2.53. The van der Waals surface area contributed by atoms with Crippen molar-refractivity contribution in [2.45, 2.75) is 52.2 Å². The van der Waals surface area contributed by atoms with E-state index in [1.165, 1.54) is 11.0 Å². The number of hydrogen-bond acceptors (Lipinski definition) is 2. The topological polar surface area (TPSA) is 29.5 Å². The van der Waals surface area contributed by atoms with Crippen molar-refractivity contribution < 1.29 is 27.1 Å². The number of ether oxygens (including phenoxy) is 1. The quantitative estimate of drug-likeness (QED) is 0.546. The molecule has 3 rings (SSSR count). The zero-order valence-corrected chi connectivity index (χ0v) is 17.0. The Morgan fingerprint density at radius 3 is 2.17 bits per heavy atom. The Hall–Kier alpha value is -2.57. The summed E-state index contributed by atoms with van der Waals surface area (Å²) < 4.78 is 62.5. The van der Waals surface area contributed by atoms with Gasteiger partial charge in [-0.05, 0) is 38.0 Å². The first-order valence-electron chi connectivity index (χ1n) is 9.25. The van der Waals surface area contributed by atoms with Crippen molar-refractivity contribution in [2.24, 2.45) is 0 Å². The summed E-state index contributed by atoms with van der Waals surface area (Å²) in [4.78, 5) is 14.0. The monoisotopic (exact) mass is 409 g/mol. The predicted molar refractivity (Wildman–Crippen MR) is 101 cm³/mol. The van der Waals surface area contributed by atoms with E-state index in [0.717, 1.165) is 6.07 Å². The molecule has 156 valence electrons. The van der Waals surface area contributed by atoms with Crippen molar-refractivity contribution in [1.82, 2.24) is 4.90 Å². The highest BCUT2D eigenvalue weighted by molar-refractivity contribution is 5.74. The van der Waals surface area contributed by atoms with Gasteiger partial charge in [-0.2, -0.15) is 0 Å². The van der Waals surface area contributed by atoms with Crippen LogP contribution in [0.4, 0.5) is 22.4 Å². The largest absolute Gasteiger partial charge is 0.444 e. The van der Waals surface area contributed by atoms with Gasteiger partial charge in [0.2, 0.25) is 0 Å². The first-order valence-corrected chi connectivity index (χ1v) is 9.25. The van der Waals surface area contributed by atoms with E-state index in [-0.39, 0.29) is 29.8 Å². The third-order valence-electron chi connectivity index (χ3n) is 4.80. The molecule has 0 saturated carbocycles. The maximum Gasteiger partial charge on any atom is 0.410 e. The van der Waals surface area contributed by atoms with E-state index >= 15 is 0 Å². The van der Waals surface area contributed by atoms with Gasteiger partial charge in [0, 0.05) is 29.7 Å². The van der Waals surface area contributed by atoms with Crippen LogP contribution >= 0.6 is 0 Å². The first kappa shape index (κ1) is 21.1. The zero-order valence-electron chi connectivity index (χ0n) is 17.0. The minimum Gasteiger partial charge on any atom is -0.444 e. The molecule has 0 N–H and O–H groups in total. The number of carbonyl (C=O) groups excluding carboxylic acids is 1. The Morgan fingerprint density at radius 1 is 1.03 bits per heavy atom. The molecular weight excluding hydrogens is 386 g/mol. The van der Waals surface area contributed by atoms with Crippen LogP contribution in [0.3, 0.4) is 0 Å². The van der Waals surface area contributed by atoms with Gasteiger partial charge in [-0.15, -0.1) is 0 Å². The highest BCUT2D eigenvalue weighted by Crippen LogP contribution is 2.41. The van der Waals surface area contributed by atoms with Gasteiger partial charge in [0.05, 0.1) is 12.1 Å². The van der Waals surface area contributed by atoms with Gasteiger partial charge < -0.3 is 9.64 Å². The SMILES string of the molecule is CC(C)(C)OC(=O)N1Cc2c(-c3c(F)cc(F)cc3F)ccc(F)c2C(C)(C)C1. The van der Waals surface area contributed by atoms with Crippen LogP contribution in [0, 0.1) is 23.3 Å². The Morgan fingerprint density at radius 2 is 1.62 bits per heavy atom. The smallest absolute Gasteiger partial charge is 0.410 e. The van der Waals surface area contributed by atoms with Crippen LogP contribution in [0.25, 0.3) is 11.1 Å². The molecule has 3 nitrogen and oxygen atoms in total. The first-order chi connectivity index (χ1) is 13.3. The molecule has 29 heavy (non-hydrogen) atoms. The van der Waals surface area contributed by atoms with E-state index in [9.17, 15) is 22.4 Å². The lowest BCUT2D eigenvalue weighted by molar-refractivity contribution is 0.0172. The van der Waals surface area contributed by atoms with Crippen LogP contribution in [0.1, 0.15) is 45.7 Å². The van der Waals surface area contributed by atoms with Crippen LogP contribution < -0.4 is 0 Å². The highest BCUT2D eigenvalue weighted by atomic mass is 19.1. The van der Waals surface area contributed by atoms with E-state index in [1.54, 1.807) is 34.6 Å². The number of hydrogen-bond donors (Lipinski definition) is 0. The summed E-state index contributed by atoms with van der Waals surface area (Å²) in [6, 6.07) is 3.55. The molecule has 0 atom stereocenters. The summed E-state index contributed by atoms with van der Waals surface area (Å²) >= 11 is 0. The molecule has 7 heteroatoms. The molecule has 0 fully saturated rings. The number of nitrogens with zero attached hydrogens (tertiary/aromatic N) is 1. The number of halogens is 4. The Labute approximate surface area is 167 Å². The summed E-state index contributed by atoms with van der Waals surface area (Å²) in [5.74, 6) is -3.76. The van der Waals surface area contributed by atoms with Crippen molar-refractivity contribution >= 4 is 6.09 Å². The molecule has 1 amide bonds. The molecule has 0 radical (unpaired) electrons. The van der Waals surface area contributed by atoms with Gasteiger partial charge in [0.1, 0.15) is 28.9 Å². The summed E-state index contributed by atoms with van der Waals surface area (Å²) in [5, 5.41) is 0. The molecule has 0 saturated heterocycles. The third-order valence-corrected chi connectivity index (χ3v) is 4.80. The number of rotatable bonds is 1. The summed E-state index contributed by atoms with van der Waals surface area (Å²) in [7, 11) is 0. The van der Waals surface area contributed by atoms with E-state index in [1.807, 2.05) is 0 Å². The Balaban J connectivity index is 2.18. The third kappa shape index (κ3) is 4.09. The number of fused-ring (bicyclic) bond motifs is 1. The average molecular weight is 409 g/mol. The van der Waals surface area contributed by atoms with Crippen LogP contribution in [-0.2, 0) is 16.7 Å². The van der Waals surface area contributed by atoms with Gasteiger partial charge in [0.25, 0.3) is 0 Å².